The first-order valence-corrected chi connectivity index (χ1v) is 7.60. The lowest BCUT2D eigenvalue weighted by Gasteiger charge is -2.09. The highest BCUT2D eigenvalue weighted by atomic mass is 19.1. The quantitative estimate of drug-likeness (QED) is 0.771. The fourth-order valence-electron chi connectivity index (χ4n) is 2.12. The molecule has 0 bridgehead atoms. The first-order chi connectivity index (χ1) is 12.0. The van der Waals surface area contributed by atoms with Crippen LogP contribution < -0.4 is 5.32 Å². The van der Waals surface area contributed by atoms with Gasteiger partial charge in [-0.15, -0.1) is 10.2 Å². The van der Waals surface area contributed by atoms with E-state index >= 15 is 0 Å². The summed E-state index contributed by atoms with van der Waals surface area (Å²) in [6.07, 6.45) is 3.33. The van der Waals surface area contributed by atoms with E-state index in [4.69, 9.17) is 0 Å². The number of carbonyl (C=O) groups excluding carboxylic acids is 1. The Hall–Kier alpha value is -3.29. The van der Waals surface area contributed by atoms with Crippen LogP contribution in [0.5, 0.6) is 0 Å². The smallest absolute Gasteiger partial charge is 0.243 e. The molecule has 0 aliphatic heterocycles. The minimum absolute atomic E-state index is 0.0434. The lowest BCUT2D eigenvalue weighted by Crippen LogP contribution is -2.26. The van der Waals surface area contributed by atoms with E-state index < -0.39 is 0 Å². The highest BCUT2D eigenvalue weighted by molar-refractivity contribution is 5.75. The van der Waals surface area contributed by atoms with Crippen LogP contribution in [0.3, 0.4) is 0 Å². The van der Waals surface area contributed by atoms with Gasteiger partial charge in [0.2, 0.25) is 5.91 Å². The Labute approximate surface area is 144 Å². The average Bonchev–Trinajstić information content (AvgIpc) is 3.03. The van der Waals surface area contributed by atoms with Gasteiger partial charge < -0.3 is 10.2 Å². The van der Waals surface area contributed by atoms with Gasteiger partial charge in [-0.05, 0) is 36.4 Å². The van der Waals surface area contributed by atoms with Crippen LogP contribution in [0.2, 0.25) is 0 Å². The van der Waals surface area contributed by atoms with Crippen LogP contribution in [0.15, 0.2) is 48.8 Å². The molecule has 128 valence electrons. The fraction of sp³-hybridized carbons (Fsp3) is 0.176. The van der Waals surface area contributed by atoms with Crippen LogP contribution in [0.4, 0.5) is 15.9 Å². The first-order valence-electron chi connectivity index (χ1n) is 7.60. The van der Waals surface area contributed by atoms with E-state index in [0.29, 0.717) is 17.2 Å². The Bertz CT molecular complexity index is 858. The maximum Gasteiger partial charge on any atom is 0.243 e. The van der Waals surface area contributed by atoms with E-state index in [9.17, 15) is 9.18 Å². The van der Waals surface area contributed by atoms with Crippen LogP contribution in [-0.4, -0.2) is 44.9 Å². The van der Waals surface area contributed by atoms with Crippen molar-refractivity contribution in [2.45, 2.75) is 6.54 Å². The molecule has 7 nitrogen and oxygen atoms in total. The maximum absolute atomic E-state index is 13.0. The summed E-state index contributed by atoms with van der Waals surface area (Å²) in [5.41, 5.74) is 2.14. The molecule has 0 aliphatic rings. The lowest BCUT2D eigenvalue weighted by molar-refractivity contribution is -0.129. The van der Waals surface area contributed by atoms with Crippen LogP contribution in [0.25, 0.3) is 11.3 Å². The second kappa shape index (κ2) is 7.08. The SMILES string of the molecule is CN(C)C(=O)Cn1cc(Nc2ccc(-c3ccc(F)cc3)nn2)cn1. The molecule has 0 aliphatic carbocycles. The third-order valence-corrected chi connectivity index (χ3v) is 3.51. The van der Waals surface area contributed by atoms with Crippen molar-refractivity contribution in [2.24, 2.45) is 0 Å². The number of hydrogen-bond donors (Lipinski definition) is 1. The summed E-state index contributed by atoms with van der Waals surface area (Å²) in [7, 11) is 3.40. The molecule has 3 rings (SSSR count). The van der Waals surface area contributed by atoms with Gasteiger partial charge in [-0.3, -0.25) is 9.48 Å². The molecule has 0 atom stereocenters. The zero-order valence-corrected chi connectivity index (χ0v) is 13.8. The van der Waals surface area contributed by atoms with Crippen LogP contribution in [-0.2, 0) is 11.3 Å². The topological polar surface area (TPSA) is 75.9 Å². The number of hydrogen-bond acceptors (Lipinski definition) is 5. The molecule has 1 N–H and O–H groups in total. The minimum Gasteiger partial charge on any atom is -0.347 e. The molecular weight excluding hydrogens is 323 g/mol. The monoisotopic (exact) mass is 340 g/mol. The number of benzene rings is 1. The van der Waals surface area contributed by atoms with E-state index in [0.717, 1.165) is 5.56 Å². The Balaban J connectivity index is 1.66. The zero-order chi connectivity index (χ0) is 17.8. The van der Waals surface area contributed by atoms with Gasteiger partial charge in [-0.1, -0.05) is 0 Å². The zero-order valence-electron chi connectivity index (χ0n) is 13.8. The van der Waals surface area contributed by atoms with Crippen molar-refractivity contribution in [2.75, 3.05) is 19.4 Å². The summed E-state index contributed by atoms with van der Waals surface area (Å²) in [6, 6.07) is 9.63. The van der Waals surface area contributed by atoms with E-state index in [1.165, 1.54) is 17.0 Å². The van der Waals surface area contributed by atoms with Crippen molar-refractivity contribution in [3.63, 3.8) is 0 Å². The standard InChI is InChI=1S/C17H17FN6O/c1-23(2)17(25)11-24-10-14(9-19-24)20-16-8-7-15(21-22-16)12-3-5-13(18)6-4-12/h3-10H,11H2,1-2H3,(H,20,22). The van der Waals surface area contributed by atoms with E-state index in [1.54, 1.807) is 55.4 Å². The Morgan fingerprint density at radius 3 is 2.56 bits per heavy atom. The molecule has 1 amide bonds. The lowest BCUT2D eigenvalue weighted by atomic mass is 10.1. The number of nitrogens with zero attached hydrogens (tertiary/aromatic N) is 5. The molecule has 25 heavy (non-hydrogen) atoms. The van der Waals surface area contributed by atoms with Crippen molar-refractivity contribution in [1.29, 1.82) is 0 Å². The van der Waals surface area contributed by atoms with E-state index in [1.807, 2.05) is 0 Å². The molecule has 0 saturated carbocycles. The van der Waals surface area contributed by atoms with Crippen LogP contribution >= 0.6 is 0 Å². The summed E-state index contributed by atoms with van der Waals surface area (Å²) in [6.45, 7) is 0.170. The summed E-state index contributed by atoms with van der Waals surface area (Å²) in [4.78, 5) is 13.2. The molecule has 0 radical (unpaired) electrons. The van der Waals surface area contributed by atoms with Gasteiger partial charge in [0.05, 0.1) is 17.6 Å². The summed E-state index contributed by atoms with van der Waals surface area (Å²) in [5.74, 6) is 0.210. The van der Waals surface area contributed by atoms with Gasteiger partial charge in [0.1, 0.15) is 12.4 Å². The highest BCUT2D eigenvalue weighted by Crippen LogP contribution is 2.19. The summed E-state index contributed by atoms with van der Waals surface area (Å²) in [5, 5.41) is 15.4. The van der Waals surface area contributed by atoms with Crippen molar-refractivity contribution >= 4 is 17.4 Å². The molecule has 2 heterocycles. The Morgan fingerprint density at radius 2 is 1.92 bits per heavy atom. The maximum atomic E-state index is 13.0. The molecule has 8 heteroatoms. The number of rotatable bonds is 5. The van der Waals surface area contributed by atoms with Crippen LogP contribution in [0, 0.1) is 5.82 Å². The van der Waals surface area contributed by atoms with E-state index in [2.05, 4.69) is 20.6 Å². The van der Waals surface area contributed by atoms with Gasteiger partial charge in [0, 0.05) is 25.9 Å². The molecule has 0 spiro atoms. The number of halogens is 1. The third kappa shape index (κ3) is 4.17. The number of anilines is 2. The molecule has 2 aromatic heterocycles. The second-order valence-electron chi connectivity index (χ2n) is 5.65. The van der Waals surface area contributed by atoms with Gasteiger partial charge in [-0.25, -0.2) is 4.39 Å². The average molecular weight is 340 g/mol. The number of nitrogens with one attached hydrogen (secondary N) is 1. The second-order valence-corrected chi connectivity index (χ2v) is 5.65. The molecule has 3 aromatic rings. The van der Waals surface area contributed by atoms with Crippen molar-refractivity contribution < 1.29 is 9.18 Å². The van der Waals surface area contributed by atoms with Gasteiger partial charge in [-0.2, -0.15) is 5.10 Å². The predicted molar refractivity (Wildman–Crippen MR) is 91.6 cm³/mol. The van der Waals surface area contributed by atoms with Gasteiger partial charge >= 0.3 is 0 Å². The number of carbonyl (C=O) groups is 1. The van der Waals surface area contributed by atoms with Crippen molar-refractivity contribution in [1.82, 2.24) is 24.9 Å². The Morgan fingerprint density at radius 1 is 1.16 bits per heavy atom. The fourth-order valence-corrected chi connectivity index (χ4v) is 2.12. The predicted octanol–water partition coefficient (Wildman–Crippen LogP) is 2.31. The van der Waals surface area contributed by atoms with Crippen molar-refractivity contribution in [3.05, 3.63) is 54.6 Å². The molecular formula is C17H17FN6O. The minimum atomic E-state index is -0.292. The number of likely N-dealkylation sites (N-methyl/N-ethyl adjacent to an activating group) is 1. The van der Waals surface area contributed by atoms with Crippen molar-refractivity contribution in [3.8, 4) is 11.3 Å². The molecule has 0 saturated heterocycles. The molecule has 0 unspecified atom stereocenters. The number of amides is 1. The summed E-state index contributed by atoms with van der Waals surface area (Å²) >= 11 is 0. The summed E-state index contributed by atoms with van der Waals surface area (Å²) < 4.78 is 14.5. The Kier molecular flexibility index (Phi) is 4.69. The van der Waals surface area contributed by atoms with E-state index in [-0.39, 0.29) is 18.3 Å². The largest absolute Gasteiger partial charge is 0.347 e. The molecule has 0 fully saturated rings. The van der Waals surface area contributed by atoms with Gasteiger partial charge in [0.15, 0.2) is 5.82 Å². The van der Waals surface area contributed by atoms with Gasteiger partial charge in [0.25, 0.3) is 0 Å². The first kappa shape index (κ1) is 16.6. The number of aromatic nitrogens is 4. The molecule has 1 aromatic carbocycles. The highest BCUT2D eigenvalue weighted by Gasteiger charge is 2.07. The van der Waals surface area contributed by atoms with Crippen LogP contribution in [0.1, 0.15) is 0 Å². The third-order valence-electron chi connectivity index (χ3n) is 3.51. The normalized spacial score (nSPS) is 10.5.